The predicted octanol–water partition coefficient (Wildman–Crippen LogP) is 5.05. The van der Waals surface area contributed by atoms with Crippen molar-refractivity contribution in [2.75, 3.05) is 0 Å². The van der Waals surface area contributed by atoms with Gasteiger partial charge in [-0.05, 0) is 54.0 Å². The second-order valence-electron chi connectivity index (χ2n) is 5.92. The SMILES string of the molecule is CCc1ccccc1CNC1CC(c2cccc(Br)c2)C1. The highest BCUT2D eigenvalue weighted by Crippen LogP contribution is 2.37. The van der Waals surface area contributed by atoms with Crippen LogP contribution in [0, 0.1) is 0 Å². The Morgan fingerprint density at radius 2 is 1.81 bits per heavy atom. The molecule has 1 nitrogen and oxygen atoms in total. The van der Waals surface area contributed by atoms with E-state index in [0.717, 1.165) is 18.9 Å². The van der Waals surface area contributed by atoms with Crippen LogP contribution in [-0.4, -0.2) is 6.04 Å². The first kappa shape index (κ1) is 14.8. The fourth-order valence-electron chi connectivity index (χ4n) is 3.15. The molecule has 1 aliphatic carbocycles. The van der Waals surface area contributed by atoms with Crippen LogP contribution in [0.25, 0.3) is 0 Å². The summed E-state index contributed by atoms with van der Waals surface area (Å²) in [6, 6.07) is 18.2. The van der Waals surface area contributed by atoms with E-state index < -0.39 is 0 Å². The van der Waals surface area contributed by atoms with Crippen molar-refractivity contribution in [3.05, 3.63) is 69.7 Å². The molecule has 110 valence electrons. The first-order valence-electron chi connectivity index (χ1n) is 7.82. The van der Waals surface area contributed by atoms with Gasteiger partial charge in [0.15, 0.2) is 0 Å². The van der Waals surface area contributed by atoms with Crippen molar-refractivity contribution in [3.8, 4) is 0 Å². The average Bonchev–Trinajstić information content (AvgIpc) is 2.46. The highest BCUT2D eigenvalue weighted by atomic mass is 79.9. The molecule has 1 aliphatic rings. The molecule has 21 heavy (non-hydrogen) atoms. The summed E-state index contributed by atoms with van der Waals surface area (Å²) in [6.07, 6.45) is 3.62. The lowest BCUT2D eigenvalue weighted by Crippen LogP contribution is -2.39. The number of aryl methyl sites for hydroxylation is 1. The van der Waals surface area contributed by atoms with Gasteiger partial charge in [-0.15, -0.1) is 0 Å². The molecule has 0 atom stereocenters. The molecule has 2 aromatic carbocycles. The zero-order valence-electron chi connectivity index (χ0n) is 12.5. The summed E-state index contributed by atoms with van der Waals surface area (Å²) in [6.45, 7) is 3.23. The van der Waals surface area contributed by atoms with Crippen LogP contribution < -0.4 is 5.32 Å². The Morgan fingerprint density at radius 3 is 2.52 bits per heavy atom. The van der Waals surface area contributed by atoms with Crippen LogP contribution in [0.2, 0.25) is 0 Å². The van der Waals surface area contributed by atoms with Gasteiger partial charge in [0.05, 0.1) is 0 Å². The van der Waals surface area contributed by atoms with Crippen molar-refractivity contribution in [1.29, 1.82) is 0 Å². The lowest BCUT2D eigenvalue weighted by Gasteiger charge is -2.36. The maximum Gasteiger partial charge on any atom is 0.0210 e. The Kier molecular flexibility index (Phi) is 4.77. The quantitative estimate of drug-likeness (QED) is 0.801. The van der Waals surface area contributed by atoms with E-state index in [0.29, 0.717) is 6.04 Å². The summed E-state index contributed by atoms with van der Waals surface area (Å²) in [5.74, 6) is 0.724. The molecule has 1 fully saturated rings. The maximum absolute atomic E-state index is 3.71. The van der Waals surface area contributed by atoms with Crippen LogP contribution >= 0.6 is 15.9 Å². The van der Waals surface area contributed by atoms with Crippen LogP contribution in [0.1, 0.15) is 42.4 Å². The van der Waals surface area contributed by atoms with Gasteiger partial charge in [-0.2, -0.15) is 0 Å². The smallest absolute Gasteiger partial charge is 0.0210 e. The van der Waals surface area contributed by atoms with E-state index in [4.69, 9.17) is 0 Å². The molecule has 0 aromatic heterocycles. The Labute approximate surface area is 135 Å². The zero-order chi connectivity index (χ0) is 14.7. The van der Waals surface area contributed by atoms with Gasteiger partial charge in [-0.3, -0.25) is 0 Å². The van der Waals surface area contributed by atoms with Gasteiger partial charge >= 0.3 is 0 Å². The molecule has 3 rings (SSSR count). The molecule has 1 saturated carbocycles. The van der Waals surface area contributed by atoms with Gasteiger partial charge in [0.25, 0.3) is 0 Å². The molecule has 2 heteroatoms. The van der Waals surface area contributed by atoms with E-state index in [-0.39, 0.29) is 0 Å². The van der Waals surface area contributed by atoms with Crippen LogP contribution in [0.4, 0.5) is 0 Å². The predicted molar refractivity (Wildman–Crippen MR) is 92.6 cm³/mol. The minimum absolute atomic E-state index is 0.666. The Balaban J connectivity index is 1.51. The molecule has 0 saturated heterocycles. The van der Waals surface area contributed by atoms with Crippen molar-refractivity contribution in [1.82, 2.24) is 5.32 Å². The summed E-state index contributed by atoms with van der Waals surface area (Å²) < 4.78 is 1.19. The van der Waals surface area contributed by atoms with Crippen molar-refractivity contribution in [3.63, 3.8) is 0 Å². The van der Waals surface area contributed by atoms with E-state index in [2.05, 4.69) is 76.7 Å². The number of nitrogens with one attached hydrogen (secondary N) is 1. The summed E-state index contributed by atoms with van der Waals surface area (Å²) in [5.41, 5.74) is 4.38. The average molecular weight is 344 g/mol. The minimum Gasteiger partial charge on any atom is -0.310 e. The van der Waals surface area contributed by atoms with Gasteiger partial charge in [-0.25, -0.2) is 0 Å². The summed E-state index contributed by atoms with van der Waals surface area (Å²) >= 11 is 3.56. The largest absolute Gasteiger partial charge is 0.310 e. The van der Waals surface area contributed by atoms with E-state index in [1.165, 1.54) is 34.0 Å². The number of rotatable bonds is 5. The van der Waals surface area contributed by atoms with Gasteiger partial charge < -0.3 is 5.32 Å². The number of benzene rings is 2. The van der Waals surface area contributed by atoms with Crippen molar-refractivity contribution < 1.29 is 0 Å². The summed E-state index contributed by atoms with van der Waals surface area (Å²) in [7, 11) is 0. The molecule has 0 radical (unpaired) electrons. The standard InChI is InChI=1S/C19H22BrN/c1-2-14-6-3-4-7-16(14)13-21-19-11-17(12-19)15-8-5-9-18(20)10-15/h3-10,17,19,21H,2,11-13H2,1H3. The molecule has 1 N–H and O–H groups in total. The molecule has 2 aromatic rings. The van der Waals surface area contributed by atoms with Gasteiger partial charge in [0, 0.05) is 17.1 Å². The Bertz CT molecular complexity index is 602. The van der Waals surface area contributed by atoms with E-state index in [1.54, 1.807) is 0 Å². The third-order valence-corrected chi connectivity index (χ3v) is 5.03. The first-order chi connectivity index (χ1) is 10.3. The Hall–Kier alpha value is -1.12. The lowest BCUT2D eigenvalue weighted by molar-refractivity contribution is 0.289. The van der Waals surface area contributed by atoms with E-state index >= 15 is 0 Å². The van der Waals surface area contributed by atoms with Crippen LogP contribution in [-0.2, 0) is 13.0 Å². The number of halogens is 1. The molecular formula is C19H22BrN. The summed E-state index contributed by atoms with van der Waals surface area (Å²) in [4.78, 5) is 0. The van der Waals surface area contributed by atoms with Crippen molar-refractivity contribution in [2.24, 2.45) is 0 Å². The van der Waals surface area contributed by atoms with E-state index in [9.17, 15) is 0 Å². The molecule has 0 amide bonds. The minimum atomic E-state index is 0.666. The fourth-order valence-corrected chi connectivity index (χ4v) is 3.56. The second kappa shape index (κ2) is 6.76. The highest BCUT2D eigenvalue weighted by Gasteiger charge is 2.29. The monoisotopic (exact) mass is 343 g/mol. The van der Waals surface area contributed by atoms with Gasteiger partial charge in [0.2, 0.25) is 0 Å². The van der Waals surface area contributed by atoms with Crippen LogP contribution in [0.5, 0.6) is 0 Å². The zero-order valence-corrected chi connectivity index (χ0v) is 14.1. The maximum atomic E-state index is 3.71. The molecule has 0 unspecified atom stereocenters. The third-order valence-electron chi connectivity index (χ3n) is 4.54. The molecule has 0 heterocycles. The topological polar surface area (TPSA) is 12.0 Å². The first-order valence-corrected chi connectivity index (χ1v) is 8.61. The van der Waals surface area contributed by atoms with Gasteiger partial charge in [0.1, 0.15) is 0 Å². The Morgan fingerprint density at radius 1 is 1.05 bits per heavy atom. The third kappa shape index (κ3) is 3.56. The van der Waals surface area contributed by atoms with Crippen LogP contribution in [0.3, 0.4) is 0 Å². The number of hydrogen-bond donors (Lipinski definition) is 1. The van der Waals surface area contributed by atoms with Crippen LogP contribution in [0.15, 0.2) is 53.0 Å². The normalized spacial score (nSPS) is 21.0. The van der Waals surface area contributed by atoms with Crippen molar-refractivity contribution in [2.45, 2.75) is 44.7 Å². The molecule has 0 aliphatic heterocycles. The fraction of sp³-hybridized carbons (Fsp3) is 0.368. The second-order valence-corrected chi connectivity index (χ2v) is 6.84. The highest BCUT2D eigenvalue weighted by molar-refractivity contribution is 9.10. The molecular weight excluding hydrogens is 322 g/mol. The molecule has 0 spiro atoms. The number of hydrogen-bond acceptors (Lipinski definition) is 1. The van der Waals surface area contributed by atoms with Gasteiger partial charge in [-0.1, -0.05) is 59.3 Å². The van der Waals surface area contributed by atoms with Crippen molar-refractivity contribution >= 4 is 15.9 Å². The summed E-state index contributed by atoms with van der Waals surface area (Å²) in [5, 5.41) is 3.71. The lowest BCUT2D eigenvalue weighted by atomic mass is 9.76. The van der Waals surface area contributed by atoms with E-state index in [1.807, 2.05) is 0 Å². The molecule has 0 bridgehead atoms.